The van der Waals surface area contributed by atoms with Crippen LogP contribution in [0.15, 0.2) is 18.2 Å². The molecule has 4 heteroatoms. The van der Waals surface area contributed by atoms with Gasteiger partial charge in [0.05, 0.1) is 5.69 Å². The van der Waals surface area contributed by atoms with Crippen molar-refractivity contribution in [1.29, 1.82) is 0 Å². The van der Waals surface area contributed by atoms with Gasteiger partial charge in [-0.3, -0.25) is 0 Å². The molecular formula is C12H15N3S. The van der Waals surface area contributed by atoms with E-state index in [1.165, 1.54) is 16.7 Å². The van der Waals surface area contributed by atoms with E-state index in [2.05, 4.69) is 42.5 Å². The zero-order valence-corrected chi connectivity index (χ0v) is 10.5. The largest absolute Gasteiger partial charge is 0.314 e. The second-order valence-corrected chi connectivity index (χ2v) is 4.90. The van der Waals surface area contributed by atoms with Crippen molar-refractivity contribution in [2.75, 3.05) is 5.43 Å². The molecule has 0 fully saturated rings. The molecule has 3 nitrogen and oxygen atoms in total. The van der Waals surface area contributed by atoms with Crippen LogP contribution >= 0.6 is 11.3 Å². The van der Waals surface area contributed by atoms with E-state index in [9.17, 15) is 0 Å². The van der Waals surface area contributed by atoms with E-state index in [0.29, 0.717) is 0 Å². The van der Waals surface area contributed by atoms with Gasteiger partial charge in [0.25, 0.3) is 0 Å². The second-order valence-electron chi connectivity index (χ2n) is 3.90. The van der Waals surface area contributed by atoms with E-state index >= 15 is 0 Å². The van der Waals surface area contributed by atoms with Gasteiger partial charge in [0.15, 0.2) is 0 Å². The van der Waals surface area contributed by atoms with E-state index in [1.54, 1.807) is 11.3 Å². The molecule has 2 rings (SSSR count). The SMILES string of the molecule is Cc1ccc(-c2nc(C)c(NN)s2)c(C)c1. The van der Waals surface area contributed by atoms with Gasteiger partial charge in [-0.2, -0.15) is 0 Å². The number of aryl methyl sites for hydroxylation is 3. The van der Waals surface area contributed by atoms with Crippen LogP contribution in [0.25, 0.3) is 10.6 Å². The Kier molecular flexibility index (Phi) is 2.94. The average Bonchev–Trinajstić information content (AvgIpc) is 2.59. The number of nitrogens with one attached hydrogen (secondary N) is 1. The van der Waals surface area contributed by atoms with Gasteiger partial charge in [0.1, 0.15) is 10.0 Å². The zero-order chi connectivity index (χ0) is 11.7. The molecule has 16 heavy (non-hydrogen) atoms. The first kappa shape index (κ1) is 11.1. The fourth-order valence-corrected chi connectivity index (χ4v) is 2.67. The monoisotopic (exact) mass is 233 g/mol. The van der Waals surface area contributed by atoms with Crippen LogP contribution in [0.3, 0.4) is 0 Å². The first-order valence-electron chi connectivity index (χ1n) is 5.13. The van der Waals surface area contributed by atoms with E-state index in [4.69, 9.17) is 5.84 Å². The van der Waals surface area contributed by atoms with Crippen molar-refractivity contribution in [2.45, 2.75) is 20.8 Å². The summed E-state index contributed by atoms with van der Waals surface area (Å²) < 4.78 is 0. The summed E-state index contributed by atoms with van der Waals surface area (Å²) in [7, 11) is 0. The summed E-state index contributed by atoms with van der Waals surface area (Å²) in [5.41, 5.74) is 7.32. The summed E-state index contributed by atoms with van der Waals surface area (Å²) >= 11 is 1.59. The molecule has 84 valence electrons. The minimum Gasteiger partial charge on any atom is -0.314 e. The summed E-state index contributed by atoms with van der Waals surface area (Å²) in [6.45, 7) is 6.16. The lowest BCUT2D eigenvalue weighted by molar-refractivity contribution is 1.23. The number of anilines is 1. The number of hydrazine groups is 1. The maximum atomic E-state index is 5.42. The first-order chi connectivity index (χ1) is 7.61. The van der Waals surface area contributed by atoms with Crippen molar-refractivity contribution < 1.29 is 0 Å². The molecule has 2 aromatic rings. The minimum atomic E-state index is 0.926. The number of nitrogens with two attached hydrogens (primary N) is 1. The van der Waals surface area contributed by atoms with Crippen LogP contribution in [-0.2, 0) is 0 Å². The van der Waals surface area contributed by atoms with Crippen LogP contribution < -0.4 is 11.3 Å². The first-order valence-corrected chi connectivity index (χ1v) is 5.95. The predicted molar refractivity (Wildman–Crippen MR) is 69.6 cm³/mol. The molecule has 0 amide bonds. The minimum absolute atomic E-state index is 0.926. The fraction of sp³-hybridized carbons (Fsp3) is 0.250. The van der Waals surface area contributed by atoms with Crippen LogP contribution in [0.5, 0.6) is 0 Å². The van der Waals surface area contributed by atoms with Gasteiger partial charge in [-0.05, 0) is 26.3 Å². The number of nitrogens with zero attached hydrogens (tertiary/aromatic N) is 1. The van der Waals surface area contributed by atoms with Crippen LogP contribution in [0.4, 0.5) is 5.00 Å². The molecule has 0 atom stereocenters. The Hall–Kier alpha value is -1.39. The maximum absolute atomic E-state index is 5.42. The summed E-state index contributed by atoms with van der Waals surface area (Å²) in [5.74, 6) is 5.42. The molecule has 0 aliphatic carbocycles. The number of nitrogen functional groups attached to an aromatic ring is 1. The number of aromatic nitrogens is 1. The smallest absolute Gasteiger partial charge is 0.126 e. The average molecular weight is 233 g/mol. The van der Waals surface area contributed by atoms with Crippen molar-refractivity contribution in [2.24, 2.45) is 5.84 Å². The third kappa shape index (κ3) is 1.94. The van der Waals surface area contributed by atoms with Crippen LogP contribution in [-0.4, -0.2) is 4.98 Å². The van der Waals surface area contributed by atoms with Crippen molar-refractivity contribution in [1.82, 2.24) is 4.98 Å². The Balaban J connectivity index is 2.50. The summed E-state index contributed by atoms with van der Waals surface area (Å²) in [6.07, 6.45) is 0. The third-order valence-corrected chi connectivity index (χ3v) is 3.66. The molecule has 1 heterocycles. The Labute approximate surface area is 99.3 Å². The Morgan fingerprint density at radius 2 is 2.00 bits per heavy atom. The van der Waals surface area contributed by atoms with E-state index in [0.717, 1.165) is 15.7 Å². The lowest BCUT2D eigenvalue weighted by Crippen LogP contribution is -2.05. The molecule has 0 aliphatic heterocycles. The second kappa shape index (κ2) is 4.23. The molecule has 3 N–H and O–H groups in total. The van der Waals surface area contributed by atoms with Gasteiger partial charge in [-0.1, -0.05) is 35.1 Å². The Morgan fingerprint density at radius 1 is 1.25 bits per heavy atom. The standard InChI is InChI=1S/C12H15N3S/c1-7-4-5-10(8(2)6-7)12-14-9(3)11(15-13)16-12/h4-6,15H,13H2,1-3H3. The van der Waals surface area contributed by atoms with E-state index < -0.39 is 0 Å². The number of hydrogen-bond donors (Lipinski definition) is 2. The predicted octanol–water partition coefficient (Wildman–Crippen LogP) is 3.02. The number of rotatable bonds is 2. The lowest BCUT2D eigenvalue weighted by atomic mass is 10.1. The Morgan fingerprint density at radius 3 is 2.56 bits per heavy atom. The Bertz CT molecular complexity index is 517. The van der Waals surface area contributed by atoms with Gasteiger partial charge >= 0.3 is 0 Å². The molecule has 0 radical (unpaired) electrons. The topological polar surface area (TPSA) is 50.9 Å². The molecule has 1 aromatic heterocycles. The molecule has 0 bridgehead atoms. The summed E-state index contributed by atoms with van der Waals surface area (Å²) in [5, 5.41) is 1.94. The normalized spacial score (nSPS) is 10.5. The number of thiazole rings is 1. The molecule has 0 spiro atoms. The van der Waals surface area contributed by atoms with Gasteiger partial charge in [0.2, 0.25) is 0 Å². The number of benzene rings is 1. The number of hydrogen-bond acceptors (Lipinski definition) is 4. The van der Waals surface area contributed by atoms with Crippen LogP contribution in [0.2, 0.25) is 0 Å². The third-order valence-electron chi connectivity index (χ3n) is 2.54. The van der Waals surface area contributed by atoms with Gasteiger partial charge in [-0.15, -0.1) is 0 Å². The van der Waals surface area contributed by atoms with Crippen molar-refractivity contribution in [3.63, 3.8) is 0 Å². The highest BCUT2D eigenvalue weighted by Crippen LogP contribution is 2.33. The highest BCUT2D eigenvalue weighted by Gasteiger charge is 2.10. The van der Waals surface area contributed by atoms with Crippen LogP contribution in [0, 0.1) is 20.8 Å². The van der Waals surface area contributed by atoms with Gasteiger partial charge < -0.3 is 5.43 Å². The van der Waals surface area contributed by atoms with Crippen LogP contribution in [0.1, 0.15) is 16.8 Å². The molecule has 0 saturated heterocycles. The van der Waals surface area contributed by atoms with E-state index in [-0.39, 0.29) is 0 Å². The highest BCUT2D eigenvalue weighted by molar-refractivity contribution is 7.19. The van der Waals surface area contributed by atoms with E-state index in [1.807, 2.05) is 6.92 Å². The summed E-state index contributed by atoms with van der Waals surface area (Å²) in [6, 6.07) is 6.39. The van der Waals surface area contributed by atoms with Gasteiger partial charge in [0, 0.05) is 5.56 Å². The van der Waals surface area contributed by atoms with Crippen molar-refractivity contribution in [3.05, 3.63) is 35.0 Å². The molecule has 0 saturated carbocycles. The molecule has 0 aliphatic rings. The van der Waals surface area contributed by atoms with Crippen molar-refractivity contribution >= 4 is 16.3 Å². The molecule has 1 aromatic carbocycles. The molecule has 0 unspecified atom stereocenters. The maximum Gasteiger partial charge on any atom is 0.126 e. The quantitative estimate of drug-likeness (QED) is 0.619. The fourth-order valence-electron chi connectivity index (χ4n) is 1.70. The zero-order valence-electron chi connectivity index (χ0n) is 9.66. The van der Waals surface area contributed by atoms with Gasteiger partial charge in [-0.25, -0.2) is 10.8 Å². The summed E-state index contributed by atoms with van der Waals surface area (Å²) in [4.78, 5) is 4.52. The highest BCUT2D eigenvalue weighted by atomic mass is 32.1. The molecular weight excluding hydrogens is 218 g/mol. The van der Waals surface area contributed by atoms with Crippen molar-refractivity contribution in [3.8, 4) is 10.6 Å². The lowest BCUT2D eigenvalue weighted by Gasteiger charge is -2.02.